The van der Waals surface area contributed by atoms with Gasteiger partial charge in [-0.1, -0.05) is 25.1 Å². The first-order valence-corrected chi connectivity index (χ1v) is 9.45. The average Bonchev–Trinajstić information content (AvgIpc) is 3.26. The van der Waals surface area contributed by atoms with Crippen LogP contribution in [-0.2, 0) is 0 Å². The molecule has 0 bridgehead atoms. The minimum absolute atomic E-state index is 0.0821. The van der Waals surface area contributed by atoms with Gasteiger partial charge >= 0.3 is 0 Å². The van der Waals surface area contributed by atoms with Crippen molar-refractivity contribution in [3.05, 3.63) is 64.0 Å². The Labute approximate surface area is 178 Å². The molecular formula is C21H22N4O6. The van der Waals surface area contributed by atoms with E-state index in [1.807, 2.05) is 13.8 Å². The Kier molecular flexibility index (Phi) is 6.49. The fraction of sp³-hybridized carbons (Fsp3) is 0.286. The lowest BCUT2D eigenvalue weighted by atomic mass is 10.0. The minimum Gasteiger partial charge on any atom is -0.493 e. The summed E-state index contributed by atoms with van der Waals surface area (Å²) in [4.78, 5) is 27.5. The number of hydrogen-bond acceptors (Lipinski definition) is 8. The van der Waals surface area contributed by atoms with Gasteiger partial charge in [-0.25, -0.2) is 0 Å². The number of amides is 1. The number of benzene rings is 2. The van der Waals surface area contributed by atoms with Gasteiger partial charge in [-0.2, -0.15) is 4.98 Å². The molecule has 3 rings (SSSR count). The fourth-order valence-electron chi connectivity index (χ4n) is 2.95. The molecule has 0 spiro atoms. The van der Waals surface area contributed by atoms with Crippen molar-refractivity contribution in [2.24, 2.45) is 5.92 Å². The van der Waals surface area contributed by atoms with Gasteiger partial charge in [0.15, 0.2) is 11.5 Å². The molecule has 1 N–H and O–H groups in total. The van der Waals surface area contributed by atoms with E-state index in [9.17, 15) is 14.9 Å². The maximum absolute atomic E-state index is 12.7. The van der Waals surface area contributed by atoms with Crippen LogP contribution in [0.3, 0.4) is 0 Å². The lowest BCUT2D eigenvalue weighted by molar-refractivity contribution is -0.384. The van der Waals surface area contributed by atoms with Crippen LogP contribution in [0.4, 0.5) is 5.69 Å². The number of carbonyl (C=O) groups is 1. The molecule has 31 heavy (non-hydrogen) atoms. The molecule has 0 aliphatic heterocycles. The molecule has 0 aliphatic rings. The van der Waals surface area contributed by atoms with Crippen molar-refractivity contribution in [2.45, 2.75) is 19.9 Å². The summed E-state index contributed by atoms with van der Waals surface area (Å²) in [6.45, 7) is 3.78. The number of hydrogen-bond donors (Lipinski definition) is 1. The number of nitrogens with zero attached hydrogens (tertiary/aromatic N) is 3. The van der Waals surface area contributed by atoms with Crippen LogP contribution in [-0.4, -0.2) is 35.2 Å². The van der Waals surface area contributed by atoms with Crippen LogP contribution in [0.1, 0.15) is 36.1 Å². The normalized spacial score (nSPS) is 11.8. The zero-order chi connectivity index (χ0) is 22.5. The van der Waals surface area contributed by atoms with Crippen molar-refractivity contribution in [1.29, 1.82) is 0 Å². The highest BCUT2D eigenvalue weighted by Crippen LogP contribution is 2.32. The van der Waals surface area contributed by atoms with E-state index in [4.69, 9.17) is 14.0 Å². The van der Waals surface area contributed by atoms with Crippen LogP contribution in [0.15, 0.2) is 47.0 Å². The number of nitro groups is 1. The van der Waals surface area contributed by atoms with Crippen LogP contribution in [0.5, 0.6) is 11.5 Å². The van der Waals surface area contributed by atoms with Gasteiger partial charge in [0.2, 0.25) is 11.7 Å². The summed E-state index contributed by atoms with van der Waals surface area (Å²) in [5.41, 5.74) is 0.655. The molecule has 0 saturated carbocycles. The third kappa shape index (κ3) is 4.80. The second-order valence-corrected chi connectivity index (χ2v) is 7.03. The monoisotopic (exact) mass is 426 g/mol. The van der Waals surface area contributed by atoms with E-state index in [-0.39, 0.29) is 23.1 Å². The fourth-order valence-corrected chi connectivity index (χ4v) is 2.95. The molecule has 0 saturated heterocycles. The number of carbonyl (C=O) groups excluding carboxylic acids is 1. The van der Waals surface area contributed by atoms with Crippen LogP contribution in [0, 0.1) is 16.0 Å². The molecule has 3 aromatic rings. The first-order chi connectivity index (χ1) is 14.8. The highest BCUT2D eigenvalue weighted by Gasteiger charge is 2.26. The van der Waals surface area contributed by atoms with Gasteiger partial charge in [0.25, 0.3) is 11.6 Å². The molecule has 1 atom stereocenters. The van der Waals surface area contributed by atoms with E-state index in [0.29, 0.717) is 22.9 Å². The third-order valence-electron chi connectivity index (χ3n) is 4.62. The van der Waals surface area contributed by atoms with Crippen molar-refractivity contribution >= 4 is 11.6 Å². The van der Waals surface area contributed by atoms with Crippen LogP contribution < -0.4 is 14.8 Å². The lowest BCUT2D eigenvalue weighted by Gasteiger charge is -2.18. The summed E-state index contributed by atoms with van der Waals surface area (Å²) in [5, 5.41) is 17.8. The van der Waals surface area contributed by atoms with Gasteiger partial charge in [-0.05, 0) is 30.2 Å². The molecule has 0 radical (unpaired) electrons. The van der Waals surface area contributed by atoms with E-state index < -0.39 is 16.9 Å². The van der Waals surface area contributed by atoms with Crippen LogP contribution in [0.2, 0.25) is 0 Å². The standard InChI is InChI=1S/C21H22N4O6/c1-12(2)18(22-20(26)14-6-5-7-15(10-14)25(27)28)21-23-19(24-31-21)13-8-9-16(29-3)17(11-13)30-4/h5-12,18H,1-4H3,(H,22,26)/t18-/m0/s1. The minimum atomic E-state index is -0.590. The van der Waals surface area contributed by atoms with Crippen molar-refractivity contribution in [3.63, 3.8) is 0 Å². The Morgan fingerprint density at radius 2 is 1.87 bits per heavy atom. The molecule has 10 heteroatoms. The van der Waals surface area contributed by atoms with E-state index in [2.05, 4.69) is 15.5 Å². The SMILES string of the molecule is COc1ccc(-c2noc([C@@H](NC(=O)c3cccc([N+](=O)[O-])c3)C(C)C)n2)cc1OC. The Hall–Kier alpha value is -3.95. The smallest absolute Gasteiger partial charge is 0.270 e. The van der Waals surface area contributed by atoms with Crippen LogP contribution in [0.25, 0.3) is 11.4 Å². The Balaban J connectivity index is 1.85. The molecule has 1 heterocycles. The molecule has 1 aromatic heterocycles. The number of non-ortho nitro benzene ring substituents is 1. The topological polar surface area (TPSA) is 130 Å². The number of ether oxygens (including phenoxy) is 2. The van der Waals surface area contributed by atoms with Crippen LogP contribution >= 0.6 is 0 Å². The Morgan fingerprint density at radius 1 is 1.13 bits per heavy atom. The largest absolute Gasteiger partial charge is 0.493 e. The molecule has 0 aliphatic carbocycles. The second kappa shape index (κ2) is 9.24. The molecule has 0 fully saturated rings. The number of methoxy groups -OCH3 is 2. The highest BCUT2D eigenvalue weighted by atomic mass is 16.6. The number of nitrogens with one attached hydrogen (secondary N) is 1. The Bertz CT molecular complexity index is 1090. The first-order valence-electron chi connectivity index (χ1n) is 9.45. The highest BCUT2D eigenvalue weighted by molar-refractivity contribution is 5.95. The van der Waals surface area contributed by atoms with E-state index in [1.165, 1.54) is 31.4 Å². The van der Waals surface area contributed by atoms with Crippen molar-refractivity contribution in [2.75, 3.05) is 14.2 Å². The summed E-state index contributed by atoms with van der Waals surface area (Å²) >= 11 is 0. The van der Waals surface area contributed by atoms with E-state index >= 15 is 0 Å². The summed E-state index contributed by atoms with van der Waals surface area (Å²) < 4.78 is 16.0. The number of aromatic nitrogens is 2. The summed E-state index contributed by atoms with van der Waals surface area (Å²) in [6, 6.07) is 10.1. The number of rotatable bonds is 8. The summed E-state index contributed by atoms with van der Waals surface area (Å²) in [5.74, 6) is 1.07. The van der Waals surface area contributed by atoms with Gasteiger partial charge in [-0.3, -0.25) is 14.9 Å². The first kappa shape index (κ1) is 21.8. The predicted octanol–water partition coefficient (Wildman–Crippen LogP) is 3.79. The van der Waals surface area contributed by atoms with Gasteiger partial charge in [-0.15, -0.1) is 0 Å². The molecular weight excluding hydrogens is 404 g/mol. The Morgan fingerprint density at radius 3 is 2.52 bits per heavy atom. The average molecular weight is 426 g/mol. The second-order valence-electron chi connectivity index (χ2n) is 7.03. The zero-order valence-corrected chi connectivity index (χ0v) is 17.5. The van der Waals surface area contributed by atoms with Gasteiger partial charge in [0.05, 0.1) is 19.1 Å². The molecule has 2 aromatic carbocycles. The van der Waals surface area contributed by atoms with Gasteiger partial charge in [0.1, 0.15) is 6.04 Å². The molecule has 162 valence electrons. The lowest BCUT2D eigenvalue weighted by Crippen LogP contribution is -2.32. The zero-order valence-electron chi connectivity index (χ0n) is 17.5. The third-order valence-corrected chi connectivity index (χ3v) is 4.62. The van der Waals surface area contributed by atoms with Gasteiger partial charge in [0, 0.05) is 23.3 Å². The van der Waals surface area contributed by atoms with Crippen molar-refractivity contribution < 1.29 is 23.7 Å². The maximum atomic E-state index is 12.7. The summed E-state index contributed by atoms with van der Waals surface area (Å²) in [6.07, 6.45) is 0. The molecule has 0 unspecified atom stereocenters. The summed E-state index contributed by atoms with van der Waals surface area (Å²) in [7, 11) is 3.07. The molecule has 10 nitrogen and oxygen atoms in total. The van der Waals surface area contributed by atoms with E-state index in [0.717, 1.165) is 0 Å². The van der Waals surface area contributed by atoms with Crippen molar-refractivity contribution in [3.8, 4) is 22.9 Å². The van der Waals surface area contributed by atoms with Gasteiger partial charge < -0.3 is 19.3 Å². The van der Waals surface area contributed by atoms with E-state index in [1.54, 1.807) is 25.3 Å². The maximum Gasteiger partial charge on any atom is 0.270 e. The predicted molar refractivity (Wildman–Crippen MR) is 111 cm³/mol. The number of nitro benzene ring substituents is 1. The quantitative estimate of drug-likeness (QED) is 0.425. The van der Waals surface area contributed by atoms with Crippen molar-refractivity contribution in [1.82, 2.24) is 15.5 Å². The molecule has 1 amide bonds.